The highest BCUT2D eigenvalue weighted by atomic mass is 16.5. The molecule has 1 aliphatic carbocycles. The normalized spacial score (nSPS) is 18.5. The van der Waals surface area contributed by atoms with E-state index in [4.69, 9.17) is 4.74 Å². The highest BCUT2D eigenvalue weighted by Crippen LogP contribution is 2.36. The first-order chi connectivity index (χ1) is 15.3. The molecule has 31 heavy (non-hydrogen) atoms. The van der Waals surface area contributed by atoms with Gasteiger partial charge in [0.05, 0.1) is 6.61 Å². The second-order valence-corrected chi connectivity index (χ2v) is 8.81. The quantitative estimate of drug-likeness (QED) is 0.297. The maximum Gasteiger partial charge on any atom is 0.119 e. The van der Waals surface area contributed by atoms with Crippen molar-refractivity contribution in [3.8, 4) is 17.6 Å². The Labute approximate surface area is 189 Å². The van der Waals surface area contributed by atoms with Gasteiger partial charge in [0.1, 0.15) is 5.75 Å². The molecular formula is C30H38O. The van der Waals surface area contributed by atoms with Gasteiger partial charge in [-0.1, -0.05) is 75.3 Å². The van der Waals surface area contributed by atoms with Crippen LogP contribution < -0.4 is 4.74 Å². The van der Waals surface area contributed by atoms with Crippen molar-refractivity contribution in [2.24, 2.45) is 5.92 Å². The van der Waals surface area contributed by atoms with Crippen LogP contribution in [0.2, 0.25) is 0 Å². The van der Waals surface area contributed by atoms with Crippen LogP contribution in [0, 0.1) is 17.8 Å². The molecule has 1 fully saturated rings. The second kappa shape index (κ2) is 13.1. The Morgan fingerprint density at radius 2 is 1.61 bits per heavy atom. The summed E-state index contributed by atoms with van der Waals surface area (Å²) in [6.07, 6.45) is 15.4. The van der Waals surface area contributed by atoms with Gasteiger partial charge in [-0.2, -0.15) is 0 Å². The molecule has 0 aromatic heterocycles. The van der Waals surface area contributed by atoms with Gasteiger partial charge in [-0.3, -0.25) is 0 Å². The molecule has 164 valence electrons. The molecule has 0 saturated heterocycles. The van der Waals surface area contributed by atoms with Gasteiger partial charge in [0.15, 0.2) is 0 Å². The van der Waals surface area contributed by atoms with Crippen LogP contribution >= 0.6 is 0 Å². The third-order valence-corrected chi connectivity index (χ3v) is 6.30. The molecule has 0 N–H and O–H groups in total. The highest BCUT2D eigenvalue weighted by molar-refractivity contribution is 5.38. The fourth-order valence-electron chi connectivity index (χ4n) is 4.38. The van der Waals surface area contributed by atoms with Crippen LogP contribution in [-0.2, 0) is 6.42 Å². The summed E-state index contributed by atoms with van der Waals surface area (Å²) in [6, 6.07) is 17.5. The lowest BCUT2D eigenvalue weighted by atomic mass is 9.78. The summed E-state index contributed by atoms with van der Waals surface area (Å²) in [7, 11) is 0. The fourth-order valence-corrected chi connectivity index (χ4v) is 4.38. The first-order valence-corrected chi connectivity index (χ1v) is 12.3. The molecule has 1 saturated carbocycles. The van der Waals surface area contributed by atoms with Crippen molar-refractivity contribution in [2.75, 3.05) is 6.61 Å². The maximum atomic E-state index is 5.85. The van der Waals surface area contributed by atoms with Crippen LogP contribution in [0.4, 0.5) is 0 Å². The van der Waals surface area contributed by atoms with Gasteiger partial charge in [-0.25, -0.2) is 0 Å². The second-order valence-electron chi connectivity index (χ2n) is 8.81. The summed E-state index contributed by atoms with van der Waals surface area (Å²) < 4.78 is 5.85. The van der Waals surface area contributed by atoms with Gasteiger partial charge in [0, 0.05) is 5.56 Å². The summed E-state index contributed by atoms with van der Waals surface area (Å²) in [4.78, 5) is 0. The predicted molar refractivity (Wildman–Crippen MR) is 133 cm³/mol. The summed E-state index contributed by atoms with van der Waals surface area (Å²) in [5.74, 6) is 8.86. The van der Waals surface area contributed by atoms with Crippen molar-refractivity contribution in [1.82, 2.24) is 0 Å². The van der Waals surface area contributed by atoms with Gasteiger partial charge >= 0.3 is 0 Å². The number of ether oxygens (including phenoxy) is 1. The van der Waals surface area contributed by atoms with Crippen LogP contribution in [-0.4, -0.2) is 6.61 Å². The molecule has 3 rings (SSSR count). The largest absolute Gasteiger partial charge is 0.494 e. The lowest BCUT2D eigenvalue weighted by Gasteiger charge is -2.27. The lowest BCUT2D eigenvalue weighted by molar-refractivity contribution is 0.306. The number of hydrogen-bond donors (Lipinski definition) is 0. The Balaban J connectivity index is 1.41. The standard InChI is InChI=1S/C30H38O/c1-3-5-8-24-31-30-22-20-29(21-23-30)28-18-16-27(17-19-28)11-7-6-10-26-14-12-25(9-4-2)13-15-26/h7,11-15,20-23,27-28H,3-5,8-9,16-19,24H2,1-2H3/b11-7+. The number of hydrogen-bond acceptors (Lipinski definition) is 1. The minimum Gasteiger partial charge on any atom is -0.494 e. The van der Waals surface area contributed by atoms with Gasteiger partial charge in [0.25, 0.3) is 0 Å². The first-order valence-electron chi connectivity index (χ1n) is 12.3. The van der Waals surface area contributed by atoms with Crippen molar-refractivity contribution in [1.29, 1.82) is 0 Å². The smallest absolute Gasteiger partial charge is 0.119 e. The van der Waals surface area contributed by atoms with Crippen molar-refractivity contribution in [3.05, 3.63) is 77.4 Å². The summed E-state index contributed by atoms with van der Waals surface area (Å²) >= 11 is 0. The minimum atomic E-state index is 0.665. The lowest BCUT2D eigenvalue weighted by Crippen LogP contribution is -2.11. The average molecular weight is 415 g/mol. The Bertz CT molecular complexity index is 840. The topological polar surface area (TPSA) is 9.23 Å². The third-order valence-electron chi connectivity index (χ3n) is 6.30. The van der Waals surface area contributed by atoms with Crippen LogP contribution in [0.1, 0.15) is 87.8 Å². The molecular weight excluding hydrogens is 376 g/mol. The number of unbranched alkanes of at least 4 members (excludes halogenated alkanes) is 2. The summed E-state index contributed by atoms with van der Waals surface area (Å²) in [5.41, 5.74) is 3.97. The van der Waals surface area contributed by atoms with Gasteiger partial charge in [0.2, 0.25) is 0 Å². The molecule has 1 aliphatic rings. The van der Waals surface area contributed by atoms with Crippen molar-refractivity contribution >= 4 is 0 Å². The van der Waals surface area contributed by atoms with E-state index in [0.717, 1.165) is 30.8 Å². The molecule has 0 amide bonds. The molecule has 0 unspecified atom stereocenters. The SMILES string of the molecule is CCCCCOc1ccc(C2CCC(/C=C/C#Cc3ccc(CCC)cc3)CC2)cc1. The fraction of sp³-hybridized carbons (Fsp3) is 0.467. The van der Waals surface area contributed by atoms with Crippen LogP contribution in [0.3, 0.4) is 0 Å². The average Bonchev–Trinajstić information content (AvgIpc) is 2.82. The number of benzene rings is 2. The molecule has 0 spiro atoms. The van der Waals surface area contributed by atoms with E-state index in [2.05, 4.69) is 86.4 Å². The monoisotopic (exact) mass is 414 g/mol. The van der Waals surface area contributed by atoms with Gasteiger partial charge < -0.3 is 4.74 Å². The van der Waals surface area contributed by atoms with Crippen molar-refractivity contribution in [3.63, 3.8) is 0 Å². The van der Waals surface area contributed by atoms with E-state index in [1.54, 1.807) is 0 Å². The van der Waals surface area contributed by atoms with E-state index in [9.17, 15) is 0 Å². The van der Waals surface area contributed by atoms with E-state index < -0.39 is 0 Å². The highest BCUT2D eigenvalue weighted by Gasteiger charge is 2.20. The summed E-state index contributed by atoms with van der Waals surface area (Å²) in [5, 5.41) is 0. The zero-order valence-corrected chi connectivity index (χ0v) is 19.4. The molecule has 0 radical (unpaired) electrons. The zero-order valence-electron chi connectivity index (χ0n) is 19.4. The Kier molecular flexibility index (Phi) is 9.78. The molecule has 2 aromatic rings. The molecule has 1 heteroatoms. The number of aryl methyl sites for hydroxylation is 1. The Morgan fingerprint density at radius 1 is 0.871 bits per heavy atom. The summed E-state index contributed by atoms with van der Waals surface area (Å²) in [6.45, 7) is 5.27. The molecule has 0 atom stereocenters. The zero-order chi connectivity index (χ0) is 21.7. The van der Waals surface area contributed by atoms with Gasteiger partial charge in [-0.15, -0.1) is 0 Å². The van der Waals surface area contributed by atoms with E-state index >= 15 is 0 Å². The van der Waals surface area contributed by atoms with E-state index in [-0.39, 0.29) is 0 Å². The Hall–Kier alpha value is -2.46. The van der Waals surface area contributed by atoms with Crippen molar-refractivity contribution < 1.29 is 4.74 Å². The number of rotatable bonds is 9. The van der Waals surface area contributed by atoms with Crippen LogP contribution in [0.25, 0.3) is 0 Å². The van der Waals surface area contributed by atoms with Crippen LogP contribution in [0.5, 0.6) is 5.75 Å². The number of allylic oxidation sites excluding steroid dienone is 2. The Morgan fingerprint density at radius 3 is 2.29 bits per heavy atom. The third kappa shape index (κ3) is 7.95. The minimum absolute atomic E-state index is 0.665. The first kappa shape index (κ1) is 23.2. The maximum absolute atomic E-state index is 5.85. The molecule has 1 nitrogen and oxygen atoms in total. The van der Waals surface area contributed by atoms with Gasteiger partial charge in [-0.05, 0) is 91.8 Å². The van der Waals surface area contributed by atoms with Crippen LogP contribution in [0.15, 0.2) is 60.7 Å². The molecule has 0 aliphatic heterocycles. The predicted octanol–water partition coefficient (Wildman–Crippen LogP) is 8.09. The van der Waals surface area contributed by atoms with E-state index in [1.807, 2.05) is 0 Å². The molecule has 0 bridgehead atoms. The van der Waals surface area contributed by atoms with E-state index in [1.165, 1.54) is 56.1 Å². The van der Waals surface area contributed by atoms with E-state index in [0.29, 0.717) is 11.8 Å². The molecule has 2 aromatic carbocycles. The molecule has 0 heterocycles. The van der Waals surface area contributed by atoms with Crippen molar-refractivity contribution in [2.45, 2.75) is 77.6 Å².